The highest BCUT2D eigenvalue weighted by atomic mass is 35.5. The number of rotatable bonds is 3. The van der Waals surface area contributed by atoms with Gasteiger partial charge in [0.1, 0.15) is 5.56 Å². The normalized spacial score (nSPS) is 10.2. The number of benzene rings is 1. The van der Waals surface area contributed by atoms with Crippen molar-refractivity contribution in [2.24, 2.45) is 0 Å². The van der Waals surface area contributed by atoms with Gasteiger partial charge in [0.05, 0.1) is 0 Å². The topological polar surface area (TPSA) is 75.1 Å². The Labute approximate surface area is 119 Å². The van der Waals surface area contributed by atoms with Crippen molar-refractivity contribution in [2.45, 2.75) is 13.0 Å². The molecule has 0 aliphatic carbocycles. The van der Waals surface area contributed by atoms with Gasteiger partial charge < -0.3 is 5.11 Å². The maximum Gasteiger partial charge on any atom is 0.331 e. The number of nitrogens with one attached hydrogen (secondary N) is 1. The smallest absolute Gasteiger partial charge is 0.331 e. The number of hydrogen-bond acceptors (Lipinski definition) is 3. The van der Waals surface area contributed by atoms with Crippen molar-refractivity contribution in [3.05, 3.63) is 50.1 Å². The molecule has 0 saturated heterocycles. The Morgan fingerprint density at radius 1 is 1.30 bits per heavy atom. The van der Waals surface area contributed by atoms with Gasteiger partial charge in [0, 0.05) is 18.0 Å². The standard InChI is InChI=1S/C14H11ClN2O3/c1-2-3-8-17-13(19)11(12(18)16-14(17)20)9-4-6-10(15)7-5-9/h1,4-7,19H,3,8H2,(H,16,18,20). The quantitative estimate of drug-likeness (QED) is 0.843. The summed E-state index contributed by atoms with van der Waals surface area (Å²) < 4.78 is 1.03. The summed E-state index contributed by atoms with van der Waals surface area (Å²) in [7, 11) is 0. The van der Waals surface area contributed by atoms with Crippen molar-refractivity contribution in [1.29, 1.82) is 0 Å². The number of terminal acetylenes is 1. The van der Waals surface area contributed by atoms with Crippen molar-refractivity contribution in [3.8, 4) is 29.4 Å². The van der Waals surface area contributed by atoms with E-state index in [9.17, 15) is 14.7 Å². The van der Waals surface area contributed by atoms with Crippen LogP contribution in [0.4, 0.5) is 0 Å². The van der Waals surface area contributed by atoms with Crippen molar-refractivity contribution < 1.29 is 5.11 Å². The highest BCUT2D eigenvalue weighted by molar-refractivity contribution is 6.30. The maximum atomic E-state index is 11.9. The number of hydrogen-bond donors (Lipinski definition) is 2. The van der Waals surface area contributed by atoms with E-state index in [0.717, 1.165) is 4.57 Å². The molecule has 2 rings (SSSR count). The number of H-pyrrole nitrogens is 1. The third-order valence-electron chi connectivity index (χ3n) is 2.78. The first kappa shape index (κ1) is 14.0. The number of nitrogens with zero attached hydrogens (tertiary/aromatic N) is 1. The summed E-state index contributed by atoms with van der Waals surface area (Å²) >= 11 is 5.78. The van der Waals surface area contributed by atoms with E-state index in [4.69, 9.17) is 18.0 Å². The van der Waals surface area contributed by atoms with Crippen LogP contribution in [0.3, 0.4) is 0 Å². The molecule has 0 aliphatic heterocycles. The van der Waals surface area contributed by atoms with Crippen LogP contribution < -0.4 is 11.2 Å². The lowest BCUT2D eigenvalue weighted by atomic mass is 10.1. The van der Waals surface area contributed by atoms with E-state index >= 15 is 0 Å². The van der Waals surface area contributed by atoms with E-state index in [1.54, 1.807) is 24.3 Å². The van der Waals surface area contributed by atoms with Gasteiger partial charge in [-0.1, -0.05) is 23.7 Å². The van der Waals surface area contributed by atoms with Crippen LogP contribution >= 0.6 is 11.6 Å². The van der Waals surface area contributed by atoms with E-state index in [1.807, 2.05) is 0 Å². The molecular weight excluding hydrogens is 280 g/mol. The molecule has 6 heteroatoms. The highest BCUT2D eigenvalue weighted by Crippen LogP contribution is 2.25. The maximum absolute atomic E-state index is 11.9. The van der Waals surface area contributed by atoms with Gasteiger partial charge in [-0.3, -0.25) is 14.3 Å². The molecule has 1 heterocycles. The summed E-state index contributed by atoms with van der Waals surface area (Å²) in [6, 6.07) is 6.35. The zero-order chi connectivity index (χ0) is 14.7. The number of aromatic nitrogens is 2. The van der Waals surface area contributed by atoms with Gasteiger partial charge >= 0.3 is 5.69 Å². The Hall–Kier alpha value is -2.45. The fourth-order valence-corrected chi connectivity index (χ4v) is 1.95. The fraction of sp³-hybridized carbons (Fsp3) is 0.143. The molecule has 0 saturated carbocycles. The van der Waals surface area contributed by atoms with E-state index in [2.05, 4.69) is 10.9 Å². The summed E-state index contributed by atoms with van der Waals surface area (Å²) in [4.78, 5) is 25.7. The molecular formula is C14H11ClN2O3. The van der Waals surface area contributed by atoms with Crippen LogP contribution in [-0.4, -0.2) is 14.7 Å². The van der Waals surface area contributed by atoms with Crippen LogP contribution in [0.2, 0.25) is 5.02 Å². The molecule has 0 fully saturated rings. The molecule has 0 atom stereocenters. The molecule has 20 heavy (non-hydrogen) atoms. The average Bonchev–Trinajstić information content (AvgIpc) is 2.40. The molecule has 0 amide bonds. The second-order valence-electron chi connectivity index (χ2n) is 4.07. The molecule has 1 aromatic heterocycles. The van der Waals surface area contributed by atoms with Gasteiger partial charge in [0.2, 0.25) is 5.88 Å². The third-order valence-corrected chi connectivity index (χ3v) is 3.04. The van der Waals surface area contributed by atoms with Crippen LogP contribution in [0.25, 0.3) is 11.1 Å². The monoisotopic (exact) mass is 290 g/mol. The fourth-order valence-electron chi connectivity index (χ4n) is 1.82. The Morgan fingerprint density at radius 2 is 1.95 bits per heavy atom. The van der Waals surface area contributed by atoms with Crippen LogP contribution in [0.1, 0.15) is 6.42 Å². The number of aromatic hydroxyl groups is 1. The van der Waals surface area contributed by atoms with Gasteiger partial charge in [-0.05, 0) is 17.7 Å². The first-order valence-electron chi connectivity index (χ1n) is 5.80. The molecule has 0 radical (unpaired) electrons. The Morgan fingerprint density at radius 3 is 2.55 bits per heavy atom. The lowest BCUT2D eigenvalue weighted by Crippen LogP contribution is -2.31. The molecule has 2 aromatic rings. The van der Waals surface area contributed by atoms with Gasteiger partial charge in [0.25, 0.3) is 5.56 Å². The Bertz CT molecular complexity index is 782. The predicted octanol–water partition coefficient (Wildman–Crippen LogP) is 1.59. The number of halogens is 1. The van der Waals surface area contributed by atoms with E-state index < -0.39 is 17.1 Å². The second-order valence-corrected chi connectivity index (χ2v) is 4.51. The first-order valence-corrected chi connectivity index (χ1v) is 6.18. The Kier molecular flexibility index (Phi) is 3.97. The SMILES string of the molecule is C#CCCn1c(O)c(-c2ccc(Cl)cc2)c(=O)[nH]c1=O. The Balaban J connectivity index is 2.65. The highest BCUT2D eigenvalue weighted by Gasteiger charge is 2.15. The van der Waals surface area contributed by atoms with Gasteiger partial charge in [0.15, 0.2) is 0 Å². The van der Waals surface area contributed by atoms with Gasteiger partial charge in [-0.25, -0.2) is 4.79 Å². The van der Waals surface area contributed by atoms with Crippen LogP contribution in [0, 0.1) is 12.3 Å². The summed E-state index contributed by atoms with van der Waals surface area (Å²) in [5.41, 5.74) is -0.881. The van der Waals surface area contributed by atoms with Crippen LogP contribution in [-0.2, 0) is 6.54 Å². The average molecular weight is 291 g/mol. The summed E-state index contributed by atoms with van der Waals surface area (Å²) in [5, 5.41) is 10.6. The molecule has 0 bridgehead atoms. The molecule has 0 spiro atoms. The van der Waals surface area contributed by atoms with Crippen LogP contribution in [0.5, 0.6) is 5.88 Å². The van der Waals surface area contributed by atoms with E-state index in [0.29, 0.717) is 10.6 Å². The summed E-state index contributed by atoms with van der Waals surface area (Å²) in [6.07, 6.45) is 5.40. The molecule has 0 aliphatic rings. The minimum atomic E-state index is -0.694. The molecule has 5 nitrogen and oxygen atoms in total. The van der Waals surface area contributed by atoms with Gasteiger partial charge in [-0.2, -0.15) is 0 Å². The molecule has 0 unspecified atom stereocenters. The third kappa shape index (κ3) is 2.60. The lowest BCUT2D eigenvalue weighted by molar-refractivity contribution is 0.404. The largest absolute Gasteiger partial charge is 0.494 e. The van der Waals surface area contributed by atoms with Gasteiger partial charge in [-0.15, -0.1) is 12.3 Å². The molecule has 1 aromatic carbocycles. The van der Waals surface area contributed by atoms with Crippen LogP contribution in [0.15, 0.2) is 33.9 Å². The lowest BCUT2D eigenvalue weighted by Gasteiger charge is -2.10. The van der Waals surface area contributed by atoms with Crippen molar-refractivity contribution in [1.82, 2.24) is 9.55 Å². The van der Waals surface area contributed by atoms with E-state index in [-0.39, 0.29) is 18.5 Å². The minimum Gasteiger partial charge on any atom is -0.494 e. The van der Waals surface area contributed by atoms with Crippen molar-refractivity contribution >= 4 is 11.6 Å². The molecule has 2 N–H and O–H groups in total. The summed E-state index contributed by atoms with van der Waals surface area (Å²) in [5.74, 6) is 1.97. The summed E-state index contributed by atoms with van der Waals surface area (Å²) in [6.45, 7) is 0.124. The zero-order valence-corrected chi connectivity index (χ0v) is 11.1. The first-order chi connectivity index (χ1) is 9.54. The number of aromatic amines is 1. The van der Waals surface area contributed by atoms with Crippen molar-refractivity contribution in [2.75, 3.05) is 0 Å². The zero-order valence-electron chi connectivity index (χ0n) is 10.4. The second kappa shape index (κ2) is 5.68. The predicted molar refractivity (Wildman–Crippen MR) is 76.9 cm³/mol. The van der Waals surface area contributed by atoms with E-state index in [1.165, 1.54) is 0 Å². The minimum absolute atomic E-state index is 0.0123. The van der Waals surface area contributed by atoms with Crippen molar-refractivity contribution in [3.63, 3.8) is 0 Å². The molecule has 102 valence electrons.